The number of aromatic nitrogens is 2. The van der Waals surface area contributed by atoms with Crippen molar-refractivity contribution in [1.82, 2.24) is 9.78 Å². The van der Waals surface area contributed by atoms with Crippen LogP contribution < -0.4 is 5.73 Å². The highest BCUT2D eigenvalue weighted by molar-refractivity contribution is 7.13. The Hall–Kier alpha value is -2.60. The molecule has 2 aromatic heterocycles. The van der Waals surface area contributed by atoms with E-state index in [2.05, 4.69) is 5.10 Å². The van der Waals surface area contributed by atoms with Crippen LogP contribution >= 0.6 is 11.3 Å². The van der Waals surface area contributed by atoms with E-state index < -0.39 is 0 Å². The molecule has 0 unspecified atom stereocenters. The minimum atomic E-state index is -0.223. The maximum Gasteiger partial charge on any atom is 0.310 e. The van der Waals surface area contributed by atoms with Crippen molar-refractivity contribution in [2.24, 2.45) is 0 Å². The fraction of sp³-hybridized carbons (Fsp3) is 0.176. The van der Waals surface area contributed by atoms with E-state index in [1.807, 2.05) is 47.8 Å². The van der Waals surface area contributed by atoms with Crippen LogP contribution in [0, 0.1) is 0 Å². The second-order valence-electron chi connectivity index (χ2n) is 4.99. The van der Waals surface area contributed by atoms with Crippen LogP contribution in [0.25, 0.3) is 16.3 Å². The average molecular weight is 327 g/mol. The molecular formula is C17H17N3O2S. The van der Waals surface area contributed by atoms with Gasteiger partial charge < -0.3 is 10.5 Å². The fourth-order valence-corrected chi connectivity index (χ4v) is 2.96. The first-order valence-corrected chi connectivity index (χ1v) is 8.19. The number of carbonyl (C=O) groups excluding carboxylic acids is 1. The zero-order valence-corrected chi connectivity index (χ0v) is 13.5. The lowest BCUT2D eigenvalue weighted by molar-refractivity contribution is -0.142. The Morgan fingerprint density at radius 3 is 2.74 bits per heavy atom. The summed E-state index contributed by atoms with van der Waals surface area (Å²) in [6.45, 7) is 2.19. The lowest BCUT2D eigenvalue weighted by atomic mass is 10.1. The number of nitrogens with two attached hydrogens (primary N) is 1. The molecule has 118 valence electrons. The molecule has 0 amide bonds. The molecule has 23 heavy (non-hydrogen) atoms. The van der Waals surface area contributed by atoms with Crippen LogP contribution in [0.4, 0.5) is 5.82 Å². The van der Waals surface area contributed by atoms with Gasteiger partial charge in [-0.3, -0.25) is 4.79 Å². The normalized spacial score (nSPS) is 10.7. The van der Waals surface area contributed by atoms with Crippen molar-refractivity contribution in [2.75, 3.05) is 12.3 Å². The van der Waals surface area contributed by atoms with Crippen LogP contribution in [0.1, 0.15) is 12.5 Å². The molecule has 0 aliphatic rings. The lowest BCUT2D eigenvalue weighted by Gasteiger charge is -2.06. The van der Waals surface area contributed by atoms with Crippen molar-refractivity contribution in [3.05, 3.63) is 53.4 Å². The average Bonchev–Trinajstić information content (AvgIpc) is 3.18. The van der Waals surface area contributed by atoms with Gasteiger partial charge in [-0.05, 0) is 36.1 Å². The molecule has 0 aliphatic heterocycles. The predicted octanol–water partition coefficient (Wildman–Crippen LogP) is 3.29. The summed E-state index contributed by atoms with van der Waals surface area (Å²) in [5, 5.41) is 6.56. The molecule has 0 spiro atoms. The van der Waals surface area contributed by atoms with Gasteiger partial charge in [0.15, 0.2) is 0 Å². The molecule has 0 aliphatic carbocycles. The molecular weight excluding hydrogens is 310 g/mol. The number of carbonyl (C=O) groups is 1. The van der Waals surface area contributed by atoms with Crippen LogP contribution in [0.2, 0.25) is 0 Å². The number of hydrogen-bond acceptors (Lipinski definition) is 5. The second kappa shape index (κ2) is 6.66. The molecule has 3 aromatic rings. The SMILES string of the molecule is CCOC(=O)Cc1ccc(-n2nc(-c3cccs3)cc2N)cc1. The van der Waals surface area contributed by atoms with Crippen molar-refractivity contribution < 1.29 is 9.53 Å². The summed E-state index contributed by atoms with van der Waals surface area (Å²) in [7, 11) is 0. The third-order valence-corrected chi connectivity index (χ3v) is 4.24. The number of nitrogens with zero attached hydrogens (tertiary/aromatic N) is 2. The quantitative estimate of drug-likeness (QED) is 0.730. The first kappa shape index (κ1) is 15.3. The zero-order valence-electron chi connectivity index (χ0n) is 12.7. The van der Waals surface area contributed by atoms with Crippen LogP contribution in [0.3, 0.4) is 0 Å². The molecule has 0 fully saturated rings. The minimum Gasteiger partial charge on any atom is -0.466 e. The third kappa shape index (κ3) is 3.43. The molecule has 1 aromatic carbocycles. The molecule has 5 nitrogen and oxygen atoms in total. The van der Waals surface area contributed by atoms with Gasteiger partial charge in [-0.15, -0.1) is 11.3 Å². The van der Waals surface area contributed by atoms with Crippen molar-refractivity contribution in [3.63, 3.8) is 0 Å². The Balaban J connectivity index is 1.81. The molecule has 0 saturated carbocycles. The largest absolute Gasteiger partial charge is 0.466 e. The Kier molecular flexibility index (Phi) is 4.43. The topological polar surface area (TPSA) is 70.1 Å². The maximum atomic E-state index is 11.5. The summed E-state index contributed by atoms with van der Waals surface area (Å²) < 4.78 is 6.65. The van der Waals surface area contributed by atoms with Crippen LogP contribution in [-0.2, 0) is 16.0 Å². The van der Waals surface area contributed by atoms with Gasteiger partial charge in [-0.25, -0.2) is 4.68 Å². The smallest absolute Gasteiger partial charge is 0.310 e. The molecule has 0 saturated heterocycles. The summed E-state index contributed by atoms with van der Waals surface area (Å²) in [5.41, 5.74) is 8.68. The van der Waals surface area contributed by atoms with E-state index in [-0.39, 0.29) is 12.4 Å². The number of anilines is 1. The molecule has 2 heterocycles. The summed E-state index contributed by atoms with van der Waals surface area (Å²) in [6.07, 6.45) is 0.267. The Morgan fingerprint density at radius 2 is 2.09 bits per heavy atom. The van der Waals surface area contributed by atoms with E-state index in [1.165, 1.54) is 0 Å². The van der Waals surface area contributed by atoms with Gasteiger partial charge in [-0.2, -0.15) is 5.10 Å². The highest BCUT2D eigenvalue weighted by Crippen LogP contribution is 2.26. The van der Waals surface area contributed by atoms with E-state index in [1.54, 1.807) is 22.9 Å². The Bertz CT molecular complexity index is 792. The molecule has 0 bridgehead atoms. The minimum absolute atomic E-state index is 0.223. The van der Waals surface area contributed by atoms with Gasteiger partial charge in [0.1, 0.15) is 11.5 Å². The molecule has 6 heteroatoms. The van der Waals surface area contributed by atoms with Crippen molar-refractivity contribution in [1.29, 1.82) is 0 Å². The molecule has 0 radical (unpaired) electrons. The summed E-state index contributed by atoms with van der Waals surface area (Å²) >= 11 is 1.62. The maximum absolute atomic E-state index is 11.5. The van der Waals surface area contributed by atoms with Crippen LogP contribution in [0.5, 0.6) is 0 Å². The number of nitrogen functional groups attached to an aromatic ring is 1. The standard InChI is InChI=1S/C17H17N3O2S/c1-2-22-17(21)10-12-5-7-13(8-6-12)20-16(18)11-14(19-20)15-4-3-9-23-15/h3-9,11H,2,10,18H2,1H3. The number of esters is 1. The van der Waals surface area contributed by atoms with Gasteiger partial charge in [0, 0.05) is 6.07 Å². The van der Waals surface area contributed by atoms with Gasteiger partial charge in [-0.1, -0.05) is 18.2 Å². The van der Waals surface area contributed by atoms with E-state index in [9.17, 15) is 4.79 Å². The van der Waals surface area contributed by atoms with Crippen molar-refractivity contribution in [3.8, 4) is 16.3 Å². The summed E-state index contributed by atoms with van der Waals surface area (Å²) in [5.74, 6) is 0.352. The van der Waals surface area contributed by atoms with E-state index in [4.69, 9.17) is 10.5 Å². The molecule has 0 atom stereocenters. The lowest BCUT2D eigenvalue weighted by Crippen LogP contribution is -2.07. The molecule has 2 N–H and O–H groups in total. The summed E-state index contributed by atoms with van der Waals surface area (Å²) in [4.78, 5) is 12.6. The fourth-order valence-electron chi connectivity index (χ4n) is 2.28. The van der Waals surface area contributed by atoms with Gasteiger partial charge in [0.25, 0.3) is 0 Å². The van der Waals surface area contributed by atoms with E-state index >= 15 is 0 Å². The van der Waals surface area contributed by atoms with E-state index in [0.717, 1.165) is 21.8 Å². The monoisotopic (exact) mass is 327 g/mol. The first-order valence-electron chi connectivity index (χ1n) is 7.31. The Morgan fingerprint density at radius 1 is 1.30 bits per heavy atom. The number of rotatable bonds is 5. The van der Waals surface area contributed by atoms with Gasteiger partial charge >= 0.3 is 5.97 Å². The number of ether oxygens (including phenoxy) is 1. The van der Waals surface area contributed by atoms with Crippen molar-refractivity contribution >= 4 is 23.1 Å². The zero-order chi connectivity index (χ0) is 16.2. The number of thiophene rings is 1. The highest BCUT2D eigenvalue weighted by atomic mass is 32.1. The molecule has 3 rings (SSSR count). The summed E-state index contributed by atoms with van der Waals surface area (Å²) in [6, 6.07) is 13.4. The second-order valence-corrected chi connectivity index (χ2v) is 5.94. The highest BCUT2D eigenvalue weighted by Gasteiger charge is 2.10. The van der Waals surface area contributed by atoms with Gasteiger partial charge in [0.05, 0.1) is 23.6 Å². The van der Waals surface area contributed by atoms with Crippen molar-refractivity contribution in [2.45, 2.75) is 13.3 Å². The Labute approximate surface area is 138 Å². The first-order chi connectivity index (χ1) is 11.2. The van der Waals surface area contributed by atoms with Crippen LogP contribution in [0.15, 0.2) is 47.8 Å². The van der Waals surface area contributed by atoms with Crippen LogP contribution in [-0.4, -0.2) is 22.4 Å². The van der Waals surface area contributed by atoms with E-state index in [0.29, 0.717) is 12.4 Å². The third-order valence-electron chi connectivity index (χ3n) is 3.35. The van der Waals surface area contributed by atoms with Gasteiger partial charge in [0.2, 0.25) is 0 Å². The predicted molar refractivity (Wildman–Crippen MR) is 91.6 cm³/mol. The number of benzene rings is 1. The number of hydrogen-bond donors (Lipinski definition) is 1.